The van der Waals surface area contributed by atoms with Crippen molar-refractivity contribution in [2.24, 2.45) is 5.11 Å². The molecule has 5 N–H and O–H groups in total. The van der Waals surface area contributed by atoms with Gasteiger partial charge in [-0.3, -0.25) is 23.4 Å². The largest absolute Gasteiger partial charge is 0.484 e. The van der Waals surface area contributed by atoms with Gasteiger partial charge >= 0.3 is 34.5 Å². The normalized spacial score (nSPS) is 26.1. The van der Waals surface area contributed by atoms with Gasteiger partial charge in [-0.2, -0.15) is 8.70 Å². The highest BCUT2D eigenvalue weighted by molar-refractivity contribution is 7.62. The number of nitrogens with one attached hydrogen (secondary N) is 1. The van der Waals surface area contributed by atoms with Crippen molar-refractivity contribution in [3.8, 4) is 0 Å². The number of alkyl halides is 1. The van der Waals surface area contributed by atoms with Gasteiger partial charge in [-0.1, -0.05) is 5.11 Å². The van der Waals surface area contributed by atoms with E-state index in [1.165, 1.54) is 6.92 Å². The first kappa shape index (κ1) is 28.5. The molecular weight excluding hydrogens is 534 g/mol. The van der Waals surface area contributed by atoms with Crippen molar-refractivity contribution >= 4 is 23.2 Å². The minimum atomic E-state index is -5.91. The molecule has 3 unspecified atom stereocenters. The Morgan fingerprint density at radius 1 is 1.32 bits per heavy atom. The molecule has 1 fully saturated rings. The molecule has 6 atom stereocenters. The van der Waals surface area contributed by atoms with E-state index >= 15 is 0 Å². The molecular formula is C12H19FN5O13P3. The summed E-state index contributed by atoms with van der Waals surface area (Å²) in [4.78, 5) is 64.7. The fourth-order valence-corrected chi connectivity index (χ4v) is 5.48. The van der Waals surface area contributed by atoms with E-state index in [2.05, 4.69) is 23.4 Å². The number of aryl methyl sites for hydroxylation is 1. The van der Waals surface area contributed by atoms with Gasteiger partial charge in [-0.05, 0) is 12.5 Å². The molecule has 18 nitrogen and oxygen atoms in total. The molecule has 2 rings (SSSR count). The first-order chi connectivity index (χ1) is 15.4. The molecule has 22 heteroatoms. The lowest BCUT2D eigenvalue weighted by atomic mass is 10.1. The maximum absolute atomic E-state index is 13.8. The van der Waals surface area contributed by atoms with Gasteiger partial charge in [-0.15, -0.1) is 0 Å². The van der Waals surface area contributed by atoms with Crippen molar-refractivity contribution in [2.75, 3.05) is 6.61 Å². The van der Waals surface area contributed by atoms with Gasteiger partial charge in [0.15, 0.2) is 0 Å². The Morgan fingerprint density at radius 3 is 2.50 bits per heavy atom. The van der Waals surface area contributed by atoms with Crippen LogP contribution in [0.3, 0.4) is 0 Å². The Morgan fingerprint density at radius 2 is 1.94 bits per heavy atom. The zero-order chi connectivity index (χ0) is 26.1. The Balaban J connectivity index is 2.13. The van der Waals surface area contributed by atoms with Crippen LogP contribution >= 0.6 is 23.2 Å². The minimum absolute atomic E-state index is 0.0840. The summed E-state index contributed by atoms with van der Waals surface area (Å²) in [5.41, 5.74) is 3.30. The number of hydrogen-bond donors (Lipinski definition) is 5. The minimum Gasteiger partial charge on any atom is -0.352 e. The molecule has 34 heavy (non-hydrogen) atoms. The molecule has 1 saturated heterocycles. The van der Waals surface area contributed by atoms with E-state index < -0.39 is 65.1 Å². The lowest BCUT2D eigenvalue weighted by Gasteiger charge is -2.25. The monoisotopic (exact) mass is 553 g/mol. The molecule has 0 bridgehead atoms. The van der Waals surface area contributed by atoms with Crippen molar-refractivity contribution in [3.05, 3.63) is 43.0 Å². The fraction of sp³-hybridized carbons (Fsp3) is 0.667. The zero-order valence-corrected chi connectivity index (χ0v) is 19.9. The summed E-state index contributed by atoms with van der Waals surface area (Å²) in [5, 5.41) is 3.41. The quantitative estimate of drug-likeness (QED) is 0.117. The molecule has 0 amide bonds. The maximum Gasteiger partial charge on any atom is 0.484 e. The van der Waals surface area contributed by atoms with E-state index in [-0.39, 0.29) is 18.9 Å². The molecule has 0 radical (unpaired) electrons. The second-order valence-corrected chi connectivity index (χ2v) is 11.8. The van der Waals surface area contributed by atoms with Crippen LogP contribution in [0.4, 0.5) is 4.39 Å². The summed E-state index contributed by atoms with van der Waals surface area (Å²) in [6.07, 6.45) is -1.42. The highest BCUT2D eigenvalue weighted by atomic mass is 31.3. The van der Waals surface area contributed by atoms with E-state index in [4.69, 9.17) is 20.1 Å². The van der Waals surface area contributed by atoms with Gasteiger partial charge in [-0.25, -0.2) is 18.4 Å². The maximum atomic E-state index is 13.8. The topological polar surface area (TPSA) is 273 Å². The van der Waals surface area contributed by atoms with E-state index in [9.17, 15) is 37.5 Å². The lowest BCUT2D eigenvalue weighted by molar-refractivity contribution is -0.0303. The first-order valence-electron chi connectivity index (χ1n) is 8.86. The Hall–Kier alpha value is -1.71. The molecule has 1 aromatic rings. The number of rotatable bonds is 10. The fourth-order valence-electron chi connectivity index (χ4n) is 2.63. The smallest absolute Gasteiger partial charge is 0.352 e. The second kappa shape index (κ2) is 10.1. The Kier molecular flexibility index (Phi) is 8.48. The third-order valence-electron chi connectivity index (χ3n) is 4.27. The third kappa shape index (κ3) is 7.15. The summed E-state index contributed by atoms with van der Waals surface area (Å²) in [6, 6.07) is -1.09. The number of hydrogen-bond acceptors (Lipinski definition) is 10. The molecule has 2 heterocycles. The van der Waals surface area contributed by atoms with Crippen molar-refractivity contribution in [3.63, 3.8) is 0 Å². The van der Waals surface area contributed by atoms with Gasteiger partial charge in [0, 0.05) is 30.0 Å². The number of halogens is 1. The Labute approximate surface area is 188 Å². The molecule has 0 spiro atoms. The van der Waals surface area contributed by atoms with Crippen molar-refractivity contribution in [1.82, 2.24) is 9.55 Å². The van der Waals surface area contributed by atoms with Gasteiger partial charge in [0.25, 0.3) is 5.56 Å². The van der Waals surface area contributed by atoms with E-state index in [0.717, 1.165) is 10.8 Å². The molecule has 0 aliphatic carbocycles. The van der Waals surface area contributed by atoms with Crippen LogP contribution in [0.15, 0.2) is 20.9 Å². The lowest BCUT2D eigenvalue weighted by Crippen LogP contribution is -2.33. The summed E-state index contributed by atoms with van der Waals surface area (Å²) in [5.74, 6) is 0. The number of phosphoric acid groups is 2. The predicted molar refractivity (Wildman–Crippen MR) is 107 cm³/mol. The van der Waals surface area contributed by atoms with Gasteiger partial charge < -0.3 is 24.3 Å². The number of H-pyrrole nitrogens is 1. The van der Waals surface area contributed by atoms with Gasteiger partial charge in [0.2, 0.25) is 0 Å². The van der Waals surface area contributed by atoms with Crippen molar-refractivity contribution in [1.29, 1.82) is 0 Å². The predicted octanol–water partition coefficient (Wildman–Crippen LogP) is 0.883. The van der Waals surface area contributed by atoms with Crippen LogP contribution in [0.1, 0.15) is 25.1 Å². The van der Waals surface area contributed by atoms with Crippen molar-refractivity contribution < 1.29 is 55.8 Å². The van der Waals surface area contributed by atoms with Crippen LogP contribution in [0.2, 0.25) is 0 Å². The highest BCUT2D eigenvalue weighted by Crippen LogP contribution is 2.66. The standard InChI is InChI=1S/C12H19FN5O13P3/c1-6-4-18(11(20)15-10(6)19)9-3-7(16-17-14)8(29-9)5-28-33(24,25)31-34(26,27)30-12(2,13)32(21,22)23/h4,7-9H,3,5H2,1-2H3,(H,24,25)(H,26,27)(H,15,19,20)(H2,21,22,23)/t7-,8+,9+,12?/m0/s1. The van der Waals surface area contributed by atoms with Gasteiger partial charge in [0.05, 0.1) is 18.8 Å². The molecule has 0 aromatic carbocycles. The average molecular weight is 553 g/mol. The summed E-state index contributed by atoms with van der Waals surface area (Å²) >= 11 is 0. The highest BCUT2D eigenvalue weighted by Gasteiger charge is 2.52. The summed E-state index contributed by atoms with van der Waals surface area (Å²) in [6.45, 7) is 0.551. The Bertz CT molecular complexity index is 1240. The number of phosphoric ester groups is 2. The molecule has 1 aliphatic heterocycles. The van der Waals surface area contributed by atoms with Crippen LogP contribution in [-0.2, 0) is 31.8 Å². The number of azide groups is 1. The van der Waals surface area contributed by atoms with Crippen LogP contribution in [0.5, 0.6) is 0 Å². The van der Waals surface area contributed by atoms with Gasteiger partial charge in [0.1, 0.15) is 6.23 Å². The average Bonchev–Trinajstić information content (AvgIpc) is 3.03. The molecule has 192 valence electrons. The van der Waals surface area contributed by atoms with E-state index in [1.807, 2.05) is 4.98 Å². The molecule has 0 saturated carbocycles. The number of ether oxygens (including phenoxy) is 1. The molecule has 1 aliphatic rings. The van der Waals surface area contributed by atoms with E-state index in [1.54, 1.807) is 0 Å². The summed E-state index contributed by atoms with van der Waals surface area (Å²) < 4.78 is 66.9. The van der Waals surface area contributed by atoms with Crippen LogP contribution < -0.4 is 11.2 Å². The van der Waals surface area contributed by atoms with Crippen molar-refractivity contribution in [2.45, 2.75) is 44.2 Å². The van der Waals surface area contributed by atoms with Crippen LogP contribution in [-0.4, -0.2) is 53.5 Å². The molecule has 1 aromatic heterocycles. The number of aromatic amines is 1. The number of aromatic nitrogens is 2. The van der Waals surface area contributed by atoms with E-state index in [0.29, 0.717) is 0 Å². The van der Waals surface area contributed by atoms with Crippen LogP contribution in [0, 0.1) is 6.92 Å². The van der Waals surface area contributed by atoms with Crippen LogP contribution in [0.25, 0.3) is 10.4 Å². The first-order valence-corrected chi connectivity index (χ1v) is 13.5. The summed E-state index contributed by atoms with van der Waals surface area (Å²) in [7, 11) is -17.2. The SMILES string of the molecule is Cc1cn([C@H]2C[C@H](N=[N+]=[N-])[C@@H](COP(=O)(O)OP(=O)(O)OC(C)(F)P(=O)(O)O)O2)c(=O)[nH]c1=O. The number of nitrogens with zero attached hydrogens (tertiary/aromatic N) is 4. The zero-order valence-electron chi connectivity index (χ0n) is 17.2. The third-order valence-corrected chi connectivity index (χ3v) is 8.25. The second-order valence-electron chi connectivity index (χ2n) is 6.94.